The number of hydrogen-bond donors (Lipinski definition) is 2. The van der Waals surface area contributed by atoms with Crippen LogP contribution in [0.4, 0.5) is 0 Å². The Balaban J connectivity index is 1.19. The third kappa shape index (κ3) is 6.53. The molecule has 3 heterocycles. The van der Waals surface area contributed by atoms with Crippen LogP contribution in [-0.2, 0) is 39.7 Å². The molecule has 11 nitrogen and oxygen atoms in total. The number of nitrogens with zero attached hydrogens (tertiary/aromatic N) is 5. The second-order valence-electron chi connectivity index (χ2n) is 10.6. The summed E-state index contributed by atoms with van der Waals surface area (Å²) in [6.45, 7) is 2.18. The normalized spacial score (nSPS) is 20.6. The van der Waals surface area contributed by atoms with Crippen LogP contribution in [0.15, 0.2) is 95.1 Å². The van der Waals surface area contributed by atoms with Gasteiger partial charge in [-0.3, -0.25) is 4.98 Å². The van der Waals surface area contributed by atoms with E-state index in [0.29, 0.717) is 16.4 Å². The molecular formula is C31H32N6O5S2. The van der Waals surface area contributed by atoms with Gasteiger partial charge >= 0.3 is 0 Å². The zero-order valence-electron chi connectivity index (χ0n) is 24.1. The smallest absolute Gasteiger partial charge is 0.243 e. The van der Waals surface area contributed by atoms with Crippen LogP contribution in [0.25, 0.3) is 10.9 Å². The lowest BCUT2D eigenvalue weighted by Gasteiger charge is -2.41. The van der Waals surface area contributed by atoms with Gasteiger partial charge in [0.05, 0.1) is 24.3 Å². The van der Waals surface area contributed by atoms with Gasteiger partial charge in [0.15, 0.2) is 6.29 Å². The minimum Gasteiger partial charge on any atom is -0.392 e. The van der Waals surface area contributed by atoms with Gasteiger partial charge in [-0.05, 0) is 39.2 Å². The van der Waals surface area contributed by atoms with Crippen molar-refractivity contribution in [3.63, 3.8) is 0 Å². The molecule has 3 aromatic carbocycles. The average molecular weight is 633 g/mol. The fraction of sp³-hybridized carbons (Fsp3) is 0.290. The van der Waals surface area contributed by atoms with E-state index >= 15 is 0 Å². The van der Waals surface area contributed by atoms with Crippen LogP contribution in [-0.4, -0.2) is 50.6 Å². The van der Waals surface area contributed by atoms with Crippen molar-refractivity contribution in [2.45, 2.75) is 48.6 Å². The molecular weight excluding hydrogens is 601 g/mol. The highest BCUT2D eigenvalue weighted by Gasteiger charge is 2.38. The van der Waals surface area contributed by atoms with Crippen LogP contribution in [0.1, 0.15) is 41.6 Å². The Morgan fingerprint density at radius 2 is 1.68 bits per heavy atom. The number of pyridine rings is 1. The maximum atomic E-state index is 13.2. The molecule has 0 radical (unpaired) electrons. The number of rotatable bonds is 10. The second-order valence-corrected chi connectivity index (χ2v) is 13.3. The number of nitrogens with one attached hydrogen (secondary N) is 1. The molecule has 4 atom stereocenters. The molecule has 1 saturated heterocycles. The number of aliphatic hydroxyl groups is 1. The quantitative estimate of drug-likeness (QED) is 0.214. The Bertz CT molecular complexity index is 1830. The van der Waals surface area contributed by atoms with Crippen LogP contribution >= 0.6 is 11.8 Å². The zero-order chi connectivity index (χ0) is 30.7. The second kappa shape index (κ2) is 13.1. The molecule has 1 unspecified atom stereocenters. The van der Waals surface area contributed by atoms with Crippen molar-refractivity contribution in [3.8, 4) is 0 Å². The van der Waals surface area contributed by atoms with Gasteiger partial charge in [0.1, 0.15) is 4.90 Å². The van der Waals surface area contributed by atoms with Gasteiger partial charge in [-0.25, -0.2) is 17.8 Å². The summed E-state index contributed by atoms with van der Waals surface area (Å²) >= 11 is 1.52. The lowest BCUT2D eigenvalue weighted by molar-refractivity contribution is -0.268. The van der Waals surface area contributed by atoms with Gasteiger partial charge < -0.3 is 14.6 Å². The maximum Gasteiger partial charge on any atom is 0.243 e. The summed E-state index contributed by atoms with van der Waals surface area (Å²) in [5, 5.41) is 22.7. The van der Waals surface area contributed by atoms with Gasteiger partial charge in [0.25, 0.3) is 0 Å². The van der Waals surface area contributed by atoms with E-state index in [-0.39, 0.29) is 36.2 Å². The van der Waals surface area contributed by atoms with Gasteiger partial charge in [-0.2, -0.15) is 0 Å². The fourth-order valence-corrected chi connectivity index (χ4v) is 7.36. The molecule has 0 bridgehead atoms. The number of thioether (sulfide) groups is 1. The van der Waals surface area contributed by atoms with Crippen LogP contribution in [0, 0.1) is 5.92 Å². The van der Waals surface area contributed by atoms with Crippen LogP contribution in [0.2, 0.25) is 0 Å². The topological polar surface area (TPSA) is 141 Å². The Morgan fingerprint density at radius 3 is 2.41 bits per heavy atom. The molecule has 5 aromatic rings. The highest BCUT2D eigenvalue weighted by Crippen LogP contribution is 2.42. The number of tetrazole rings is 1. The van der Waals surface area contributed by atoms with Crippen LogP contribution < -0.4 is 4.72 Å². The number of ether oxygens (including phenoxy) is 2. The van der Waals surface area contributed by atoms with Crippen molar-refractivity contribution in [2.75, 3.05) is 5.75 Å². The third-order valence-electron chi connectivity index (χ3n) is 7.68. The van der Waals surface area contributed by atoms with Crippen molar-refractivity contribution in [2.24, 2.45) is 13.0 Å². The molecule has 2 N–H and O–H groups in total. The molecule has 0 saturated carbocycles. The number of aliphatic hydroxyl groups excluding tert-OH is 1. The number of sulfonamides is 1. The van der Waals surface area contributed by atoms with Crippen molar-refractivity contribution in [1.29, 1.82) is 0 Å². The van der Waals surface area contributed by atoms with Crippen LogP contribution in [0.5, 0.6) is 0 Å². The third-order valence-corrected chi connectivity index (χ3v) is 10.2. The summed E-state index contributed by atoms with van der Waals surface area (Å²) in [6.07, 6.45) is 0.495. The Morgan fingerprint density at radius 1 is 0.955 bits per heavy atom. The van der Waals surface area contributed by atoms with Crippen molar-refractivity contribution >= 4 is 32.7 Å². The first-order chi connectivity index (χ1) is 21.3. The van der Waals surface area contributed by atoms with E-state index < -0.39 is 16.3 Å². The van der Waals surface area contributed by atoms with Crippen LogP contribution in [0.3, 0.4) is 0 Å². The number of fused-ring (bicyclic) bond motifs is 1. The molecule has 0 amide bonds. The van der Waals surface area contributed by atoms with Crippen molar-refractivity contribution in [1.82, 2.24) is 29.9 Å². The molecule has 0 spiro atoms. The zero-order valence-corrected chi connectivity index (χ0v) is 25.8. The van der Waals surface area contributed by atoms with Crippen molar-refractivity contribution < 1.29 is 23.0 Å². The lowest BCUT2D eigenvalue weighted by atomic mass is 9.91. The maximum absolute atomic E-state index is 13.2. The average Bonchev–Trinajstić information content (AvgIpc) is 3.47. The van der Waals surface area contributed by atoms with E-state index in [9.17, 15) is 13.5 Å². The molecule has 44 heavy (non-hydrogen) atoms. The largest absolute Gasteiger partial charge is 0.392 e. The number of aryl methyl sites for hydroxylation is 1. The predicted molar refractivity (Wildman–Crippen MR) is 165 cm³/mol. The molecule has 6 rings (SSSR count). The highest BCUT2D eigenvalue weighted by atomic mass is 32.2. The molecule has 1 aliphatic heterocycles. The molecule has 13 heteroatoms. The van der Waals surface area contributed by atoms with E-state index in [1.54, 1.807) is 36.1 Å². The molecule has 1 fully saturated rings. The number of hydrogen-bond acceptors (Lipinski definition) is 10. The number of para-hydroxylation sites is 1. The van der Waals surface area contributed by atoms with Gasteiger partial charge in [-0.1, -0.05) is 85.4 Å². The molecule has 228 valence electrons. The standard InChI is InChI=1S/C31H32N6O5S2/c1-20-26(19-43-31-34-35-36-37(31)2)41-30(42-29(20)24-12-10-22(18-38)11-13-24)25-14-8-21(9-15-25)17-33-44(39,40)27-7-3-5-23-6-4-16-32-28(23)27/h3-16,20,26,29-30,33,38H,17-19H2,1-2H3/t20-,26+,29+,30?/m0/s1. The fourth-order valence-electron chi connectivity index (χ4n) is 5.15. The molecule has 1 aliphatic rings. The van der Waals surface area contributed by atoms with E-state index in [1.165, 1.54) is 11.8 Å². The van der Waals surface area contributed by atoms with E-state index in [0.717, 1.165) is 27.6 Å². The highest BCUT2D eigenvalue weighted by molar-refractivity contribution is 7.99. The minimum atomic E-state index is -3.80. The van der Waals surface area contributed by atoms with Gasteiger partial charge in [-0.15, -0.1) is 5.10 Å². The first kappa shape index (κ1) is 30.3. The van der Waals surface area contributed by atoms with Gasteiger partial charge in [0, 0.05) is 42.4 Å². The summed E-state index contributed by atoms with van der Waals surface area (Å²) in [5.41, 5.74) is 3.85. The van der Waals surface area contributed by atoms with Crippen molar-refractivity contribution in [3.05, 3.63) is 107 Å². The summed E-state index contributed by atoms with van der Waals surface area (Å²) in [5.74, 6) is 0.626. The monoisotopic (exact) mass is 632 g/mol. The minimum absolute atomic E-state index is 0.0113. The summed E-state index contributed by atoms with van der Waals surface area (Å²) in [7, 11) is -2.00. The summed E-state index contributed by atoms with van der Waals surface area (Å²) < 4.78 is 43.7. The number of aromatic nitrogens is 5. The first-order valence-corrected chi connectivity index (χ1v) is 16.6. The van der Waals surface area contributed by atoms with E-state index in [1.807, 2.05) is 60.7 Å². The predicted octanol–water partition coefficient (Wildman–Crippen LogP) is 4.31. The molecule has 0 aliphatic carbocycles. The first-order valence-electron chi connectivity index (χ1n) is 14.1. The Hall–Kier alpha value is -3.72. The van der Waals surface area contributed by atoms with Gasteiger partial charge in [0.2, 0.25) is 15.2 Å². The Labute approximate surface area is 259 Å². The lowest BCUT2D eigenvalue weighted by Crippen LogP contribution is -2.38. The summed E-state index contributed by atoms with van der Waals surface area (Å²) in [6, 6.07) is 24.0. The summed E-state index contributed by atoms with van der Waals surface area (Å²) in [4.78, 5) is 4.42. The van der Waals surface area contributed by atoms with E-state index in [4.69, 9.17) is 9.47 Å². The number of benzene rings is 3. The molecule has 2 aromatic heterocycles. The SMILES string of the molecule is C[C@H]1[C@@H](CSc2nnnn2C)OC(c2ccc(CNS(=O)(=O)c3cccc4cccnc34)cc2)O[C@H]1c1ccc(CO)cc1. The van der Waals surface area contributed by atoms with E-state index in [2.05, 4.69) is 32.2 Å². The Kier molecular flexibility index (Phi) is 9.03.